The fourth-order valence-corrected chi connectivity index (χ4v) is 5.65. The Morgan fingerprint density at radius 3 is 2.48 bits per heavy atom. The van der Waals surface area contributed by atoms with Crippen LogP contribution < -0.4 is 4.90 Å². The molecular formula is C23H28N6OS. The molecule has 0 N–H and O–H groups in total. The quantitative estimate of drug-likeness (QED) is 0.617. The van der Waals surface area contributed by atoms with Gasteiger partial charge >= 0.3 is 0 Å². The molecular weight excluding hydrogens is 408 g/mol. The van der Waals surface area contributed by atoms with E-state index in [1.54, 1.807) is 17.5 Å². The number of hydrogen-bond acceptors (Lipinski definition) is 6. The Kier molecular flexibility index (Phi) is 5.72. The number of carbonyl (C=O) groups excluding carboxylic acids is 1. The molecule has 1 saturated carbocycles. The molecule has 1 aromatic carbocycles. The second-order valence-electron chi connectivity index (χ2n) is 8.43. The maximum Gasteiger partial charge on any atom is 0.257 e. The molecule has 1 aliphatic carbocycles. The Bertz CT molecular complexity index is 1030. The summed E-state index contributed by atoms with van der Waals surface area (Å²) in [5, 5.41) is 15.6. The van der Waals surface area contributed by atoms with Crippen LogP contribution in [-0.4, -0.2) is 57.0 Å². The molecule has 0 bridgehead atoms. The van der Waals surface area contributed by atoms with Crippen LogP contribution in [0.1, 0.15) is 59.1 Å². The molecule has 0 atom stereocenters. The van der Waals surface area contributed by atoms with Gasteiger partial charge < -0.3 is 9.80 Å². The summed E-state index contributed by atoms with van der Waals surface area (Å²) in [5.41, 5.74) is 2.52. The topological polar surface area (TPSA) is 67.2 Å². The first-order valence-electron chi connectivity index (χ1n) is 11.2. The van der Waals surface area contributed by atoms with Crippen molar-refractivity contribution >= 4 is 22.4 Å². The van der Waals surface area contributed by atoms with Gasteiger partial charge in [-0.1, -0.05) is 48.8 Å². The Labute approximate surface area is 186 Å². The zero-order valence-corrected chi connectivity index (χ0v) is 18.7. The highest BCUT2D eigenvalue weighted by Gasteiger charge is 2.27. The van der Waals surface area contributed by atoms with Crippen LogP contribution in [0.3, 0.4) is 0 Å². The number of carbonyl (C=O) groups is 1. The number of benzene rings is 1. The number of hydrogen-bond donors (Lipinski definition) is 0. The van der Waals surface area contributed by atoms with E-state index in [4.69, 9.17) is 0 Å². The van der Waals surface area contributed by atoms with Gasteiger partial charge in [-0.15, -0.1) is 10.2 Å². The zero-order chi connectivity index (χ0) is 21.2. The predicted molar refractivity (Wildman–Crippen MR) is 122 cm³/mol. The molecule has 0 radical (unpaired) electrons. The minimum absolute atomic E-state index is 0.0551. The van der Waals surface area contributed by atoms with Gasteiger partial charge in [0.15, 0.2) is 0 Å². The monoisotopic (exact) mass is 436 g/mol. The normalized spacial score (nSPS) is 17.8. The Balaban J connectivity index is 1.22. The number of amides is 1. The number of anilines is 1. The van der Waals surface area contributed by atoms with E-state index < -0.39 is 0 Å². The van der Waals surface area contributed by atoms with Crippen molar-refractivity contribution in [1.82, 2.24) is 24.9 Å². The molecule has 3 aromatic rings. The summed E-state index contributed by atoms with van der Waals surface area (Å²) >= 11 is 1.74. The summed E-state index contributed by atoms with van der Waals surface area (Å²) in [5.74, 6) is 0.645. The predicted octanol–water partition coefficient (Wildman–Crippen LogP) is 4.04. The van der Waals surface area contributed by atoms with Gasteiger partial charge in [0.2, 0.25) is 5.13 Å². The van der Waals surface area contributed by atoms with E-state index in [2.05, 4.69) is 20.2 Å². The third kappa shape index (κ3) is 4.08. The highest BCUT2D eigenvalue weighted by atomic mass is 32.1. The van der Waals surface area contributed by atoms with Crippen molar-refractivity contribution in [3.63, 3.8) is 0 Å². The number of piperazine rings is 1. The maximum absolute atomic E-state index is 13.1. The van der Waals surface area contributed by atoms with Crippen molar-refractivity contribution in [2.45, 2.75) is 44.9 Å². The molecule has 162 valence electrons. The Morgan fingerprint density at radius 2 is 1.74 bits per heavy atom. The van der Waals surface area contributed by atoms with Crippen LogP contribution in [-0.2, 0) is 0 Å². The summed E-state index contributed by atoms with van der Waals surface area (Å²) in [6.07, 6.45) is 8.14. The number of nitrogens with zero attached hydrogens (tertiary/aromatic N) is 6. The minimum Gasteiger partial charge on any atom is -0.343 e. The van der Waals surface area contributed by atoms with Gasteiger partial charge in [0, 0.05) is 32.1 Å². The van der Waals surface area contributed by atoms with Gasteiger partial charge in [0.1, 0.15) is 5.01 Å². The fraction of sp³-hybridized carbons (Fsp3) is 0.478. The van der Waals surface area contributed by atoms with Crippen molar-refractivity contribution in [3.8, 4) is 5.69 Å². The van der Waals surface area contributed by atoms with E-state index in [0.717, 1.165) is 29.6 Å². The molecule has 0 spiro atoms. The van der Waals surface area contributed by atoms with Crippen LogP contribution in [0, 0.1) is 6.92 Å². The third-order valence-corrected chi connectivity index (χ3v) is 7.61. The second kappa shape index (κ2) is 8.78. The lowest BCUT2D eigenvalue weighted by atomic mass is 9.90. The number of aromatic nitrogens is 4. The molecule has 3 heterocycles. The third-order valence-electron chi connectivity index (χ3n) is 6.46. The van der Waals surface area contributed by atoms with Crippen LogP contribution in [0.2, 0.25) is 0 Å². The zero-order valence-electron chi connectivity index (χ0n) is 17.9. The minimum atomic E-state index is 0.0551. The summed E-state index contributed by atoms with van der Waals surface area (Å²) < 4.78 is 1.83. The molecule has 5 rings (SSSR count). The Hall–Kier alpha value is -2.74. The molecule has 1 aliphatic heterocycles. The van der Waals surface area contributed by atoms with Gasteiger partial charge in [0.25, 0.3) is 5.91 Å². The van der Waals surface area contributed by atoms with Crippen LogP contribution in [0.5, 0.6) is 0 Å². The molecule has 1 saturated heterocycles. The number of para-hydroxylation sites is 1. The van der Waals surface area contributed by atoms with Crippen molar-refractivity contribution in [2.24, 2.45) is 0 Å². The van der Waals surface area contributed by atoms with Crippen molar-refractivity contribution in [3.05, 3.63) is 52.8 Å². The molecule has 2 aromatic heterocycles. The largest absolute Gasteiger partial charge is 0.343 e. The summed E-state index contributed by atoms with van der Waals surface area (Å²) in [6, 6.07) is 9.92. The molecule has 1 amide bonds. The first kappa shape index (κ1) is 20.2. The highest BCUT2D eigenvalue weighted by molar-refractivity contribution is 7.15. The fourth-order valence-electron chi connectivity index (χ4n) is 4.59. The summed E-state index contributed by atoms with van der Waals surface area (Å²) in [4.78, 5) is 17.3. The van der Waals surface area contributed by atoms with Crippen molar-refractivity contribution in [1.29, 1.82) is 0 Å². The first-order chi connectivity index (χ1) is 15.2. The van der Waals surface area contributed by atoms with Crippen LogP contribution in [0.25, 0.3) is 5.69 Å². The average Bonchev–Trinajstić information content (AvgIpc) is 3.47. The van der Waals surface area contributed by atoms with Gasteiger partial charge in [-0.05, 0) is 31.9 Å². The SMILES string of the molecule is Cc1c(C(=O)N2CCN(c3nnc(C4CCCCC4)s3)CC2)cnn1-c1ccccc1. The Morgan fingerprint density at radius 1 is 1.00 bits per heavy atom. The lowest BCUT2D eigenvalue weighted by Gasteiger charge is -2.34. The van der Waals surface area contributed by atoms with E-state index in [-0.39, 0.29) is 5.91 Å². The summed E-state index contributed by atoms with van der Waals surface area (Å²) in [6.45, 7) is 4.91. The standard InChI is InChI=1S/C23H28N6OS/c1-17-20(16-24-29(17)19-10-6-3-7-11-19)22(30)27-12-14-28(15-13-27)23-26-25-21(31-23)18-8-4-2-5-9-18/h3,6-7,10-11,16,18H,2,4-5,8-9,12-15H2,1H3. The molecule has 2 fully saturated rings. The molecule has 8 heteroatoms. The van der Waals surface area contributed by atoms with Crippen molar-refractivity contribution in [2.75, 3.05) is 31.1 Å². The lowest BCUT2D eigenvalue weighted by Crippen LogP contribution is -2.48. The van der Waals surface area contributed by atoms with E-state index in [9.17, 15) is 4.79 Å². The average molecular weight is 437 g/mol. The smallest absolute Gasteiger partial charge is 0.257 e. The summed E-state index contributed by atoms with van der Waals surface area (Å²) in [7, 11) is 0. The first-order valence-corrected chi connectivity index (χ1v) is 12.0. The van der Waals surface area contributed by atoms with Crippen LogP contribution in [0.15, 0.2) is 36.5 Å². The van der Waals surface area contributed by atoms with Crippen molar-refractivity contribution < 1.29 is 4.79 Å². The van der Waals surface area contributed by atoms with E-state index in [1.807, 2.05) is 46.8 Å². The molecule has 31 heavy (non-hydrogen) atoms. The lowest BCUT2D eigenvalue weighted by molar-refractivity contribution is 0.0746. The van der Waals surface area contributed by atoms with Gasteiger partial charge in [0.05, 0.1) is 23.1 Å². The molecule has 2 aliphatic rings. The van der Waals surface area contributed by atoms with Gasteiger partial charge in [-0.3, -0.25) is 4.79 Å². The van der Waals surface area contributed by atoms with Crippen LogP contribution >= 0.6 is 11.3 Å². The van der Waals surface area contributed by atoms with E-state index in [1.165, 1.54) is 37.1 Å². The maximum atomic E-state index is 13.1. The van der Waals surface area contributed by atoms with Gasteiger partial charge in [-0.2, -0.15) is 5.10 Å². The van der Waals surface area contributed by atoms with E-state index in [0.29, 0.717) is 24.6 Å². The highest BCUT2D eigenvalue weighted by Crippen LogP contribution is 2.36. The number of rotatable bonds is 4. The second-order valence-corrected chi connectivity index (χ2v) is 9.42. The van der Waals surface area contributed by atoms with Gasteiger partial charge in [-0.25, -0.2) is 4.68 Å². The van der Waals surface area contributed by atoms with E-state index >= 15 is 0 Å². The van der Waals surface area contributed by atoms with Crippen LogP contribution in [0.4, 0.5) is 5.13 Å². The molecule has 0 unspecified atom stereocenters. The molecule has 7 nitrogen and oxygen atoms in total.